The Labute approximate surface area is 169 Å². The molecule has 4 rings (SSSR count). The van der Waals surface area contributed by atoms with Gasteiger partial charge in [0.05, 0.1) is 17.0 Å². The number of aromatic amines is 1. The predicted octanol–water partition coefficient (Wildman–Crippen LogP) is 3.16. The number of H-pyrrole nitrogens is 1. The van der Waals surface area contributed by atoms with Crippen LogP contribution in [0, 0.1) is 16.6 Å². The van der Waals surface area contributed by atoms with E-state index in [1.54, 1.807) is 4.57 Å². The molecular weight excluding hydrogens is 374 g/mol. The fourth-order valence-corrected chi connectivity index (χ4v) is 4.66. The Kier molecular flexibility index (Phi) is 5.92. The highest BCUT2D eigenvalue weighted by Gasteiger charge is 2.27. The van der Waals surface area contributed by atoms with Crippen LogP contribution in [-0.2, 0) is 16.1 Å². The van der Waals surface area contributed by atoms with Crippen LogP contribution >= 0.6 is 12.2 Å². The molecule has 6 nitrogen and oxygen atoms in total. The van der Waals surface area contributed by atoms with Gasteiger partial charge in [-0.1, -0.05) is 12.1 Å². The summed E-state index contributed by atoms with van der Waals surface area (Å²) in [6, 6.07) is 7.46. The Morgan fingerprint density at radius 3 is 2.75 bits per heavy atom. The van der Waals surface area contributed by atoms with Crippen molar-refractivity contribution >= 4 is 29.0 Å². The molecular formula is C21H27N3O3S. The number of aromatic nitrogens is 2. The molecule has 1 aliphatic heterocycles. The number of ether oxygens (including phenoxy) is 1. The van der Waals surface area contributed by atoms with Gasteiger partial charge in [-0.15, -0.1) is 0 Å². The van der Waals surface area contributed by atoms with Crippen molar-refractivity contribution in [2.75, 3.05) is 13.2 Å². The van der Waals surface area contributed by atoms with Gasteiger partial charge in [0.1, 0.15) is 0 Å². The highest BCUT2D eigenvalue weighted by molar-refractivity contribution is 7.71. The van der Waals surface area contributed by atoms with Crippen LogP contribution in [0.3, 0.4) is 0 Å². The van der Waals surface area contributed by atoms with Crippen LogP contribution < -0.4 is 10.9 Å². The van der Waals surface area contributed by atoms with Gasteiger partial charge in [-0.2, -0.15) is 0 Å². The van der Waals surface area contributed by atoms with Crippen LogP contribution in [0.15, 0.2) is 29.1 Å². The van der Waals surface area contributed by atoms with Crippen LogP contribution in [0.1, 0.15) is 38.5 Å². The number of carbonyl (C=O) groups excluding carboxylic acids is 1. The largest absolute Gasteiger partial charge is 0.376 e. The van der Waals surface area contributed by atoms with Crippen molar-refractivity contribution < 1.29 is 9.53 Å². The summed E-state index contributed by atoms with van der Waals surface area (Å²) in [5.41, 5.74) is 0.746. The summed E-state index contributed by atoms with van der Waals surface area (Å²) in [5.74, 6) is 0.589. The summed E-state index contributed by atoms with van der Waals surface area (Å²) < 4.78 is 7.72. The average Bonchev–Trinajstić information content (AvgIpc) is 3.23. The first-order valence-electron chi connectivity index (χ1n) is 10.2. The lowest BCUT2D eigenvalue weighted by Crippen LogP contribution is -2.38. The quantitative estimate of drug-likeness (QED) is 0.755. The van der Waals surface area contributed by atoms with Crippen molar-refractivity contribution in [1.29, 1.82) is 0 Å². The Morgan fingerprint density at radius 2 is 2.00 bits per heavy atom. The van der Waals surface area contributed by atoms with E-state index in [1.165, 1.54) is 0 Å². The Bertz CT molecular complexity index is 953. The van der Waals surface area contributed by atoms with E-state index in [1.807, 2.05) is 24.3 Å². The van der Waals surface area contributed by atoms with Crippen LogP contribution in [0.5, 0.6) is 0 Å². The third-order valence-corrected chi connectivity index (χ3v) is 6.40. The van der Waals surface area contributed by atoms with Crippen molar-refractivity contribution in [3.05, 3.63) is 39.4 Å². The number of hydrogen-bond acceptors (Lipinski definition) is 4. The summed E-state index contributed by atoms with van der Waals surface area (Å²) in [5, 5.41) is 3.72. The van der Waals surface area contributed by atoms with Gasteiger partial charge in [0.25, 0.3) is 5.56 Å². The van der Waals surface area contributed by atoms with Gasteiger partial charge >= 0.3 is 0 Å². The second-order valence-corrected chi connectivity index (χ2v) is 8.38. The molecule has 28 heavy (non-hydrogen) atoms. The van der Waals surface area contributed by atoms with Crippen molar-refractivity contribution in [2.45, 2.75) is 51.2 Å². The molecule has 7 heteroatoms. The van der Waals surface area contributed by atoms with E-state index in [2.05, 4.69) is 10.3 Å². The molecule has 1 saturated heterocycles. The zero-order valence-electron chi connectivity index (χ0n) is 16.0. The van der Waals surface area contributed by atoms with E-state index in [0.717, 1.165) is 50.6 Å². The van der Waals surface area contributed by atoms with Crippen LogP contribution in [0.4, 0.5) is 0 Å². The molecule has 2 aliphatic rings. The number of nitrogens with one attached hydrogen (secondary N) is 2. The lowest BCUT2D eigenvalue weighted by atomic mass is 9.81. The van der Waals surface area contributed by atoms with Gasteiger partial charge in [0, 0.05) is 25.6 Å². The summed E-state index contributed by atoms with van der Waals surface area (Å²) in [6.07, 6.45) is 5.90. The number of rotatable bonds is 5. The molecule has 2 heterocycles. The smallest absolute Gasteiger partial charge is 0.262 e. The van der Waals surface area contributed by atoms with Gasteiger partial charge in [0.15, 0.2) is 4.77 Å². The first-order valence-corrected chi connectivity index (χ1v) is 10.6. The molecule has 1 saturated carbocycles. The Hall–Kier alpha value is -1.99. The molecule has 0 radical (unpaired) electrons. The number of benzene rings is 1. The van der Waals surface area contributed by atoms with Gasteiger partial charge in [-0.25, -0.2) is 0 Å². The lowest BCUT2D eigenvalue weighted by Gasteiger charge is -2.28. The van der Waals surface area contributed by atoms with Crippen LogP contribution in [-0.4, -0.2) is 34.7 Å². The standard InChI is InChI=1S/C21H27N3O3S/c25-19(22-12-16-4-3-11-27-16)15-9-7-14(8-10-15)13-24-20(26)17-5-1-2-6-18(17)23-21(24)28/h1-2,5-6,14-16H,3-4,7-13H2,(H,22,25)(H,23,28)/t14?,15?,16-/m0/s1. The molecule has 1 aliphatic carbocycles. The maximum atomic E-state index is 12.8. The van der Waals surface area contributed by atoms with Gasteiger partial charge in [-0.3, -0.25) is 14.2 Å². The van der Waals surface area contributed by atoms with E-state index in [4.69, 9.17) is 17.0 Å². The SMILES string of the molecule is O=C(NC[C@@H]1CCCO1)C1CCC(Cn2c(=S)[nH]c3ccccc3c2=O)CC1. The molecule has 1 atom stereocenters. The first-order chi connectivity index (χ1) is 13.6. The zero-order chi connectivity index (χ0) is 19.5. The zero-order valence-corrected chi connectivity index (χ0v) is 16.8. The molecule has 2 N–H and O–H groups in total. The monoisotopic (exact) mass is 401 g/mol. The maximum absolute atomic E-state index is 12.8. The highest BCUT2D eigenvalue weighted by atomic mass is 32.1. The number of amides is 1. The minimum Gasteiger partial charge on any atom is -0.376 e. The minimum atomic E-state index is -0.0317. The van der Waals surface area contributed by atoms with Crippen molar-refractivity contribution in [2.24, 2.45) is 11.8 Å². The number of carbonyl (C=O) groups is 1. The van der Waals surface area contributed by atoms with E-state index in [-0.39, 0.29) is 23.5 Å². The topological polar surface area (TPSA) is 76.1 Å². The number of fused-ring (bicyclic) bond motifs is 1. The van der Waals surface area contributed by atoms with E-state index < -0.39 is 0 Å². The van der Waals surface area contributed by atoms with Crippen LogP contribution in [0.25, 0.3) is 10.9 Å². The lowest BCUT2D eigenvalue weighted by molar-refractivity contribution is -0.126. The number of hydrogen-bond donors (Lipinski definition) is 2. The second-order valence-electron chi connectivity index (χ2n) is 7.99. The maximum Gasteiger partial charge on any atom is 0.262 e. The average molecular weight is 402 g/mol. The normalized spacial score (nSPS) is 25.1. The first kappa shape index (κ1) is 19.3. The van der Waals surface area contributed by atoms with Crippen molar-refractivity contribution in [3.63, 3.8) is 0 Å². The molecule has 0 spiro atoms. The molecule has 1 amide bonds. The molecule has 150 valence electrons. The summed E-state index contributed by atoms with van der Waals surface area (Å²) >= 11 is 5.42. The van der Waals surface area contributed by atoms with Gasteiger partial charge < -0.3 is 15.0 Å². The van der Waals surface area contributed by atoms with E-state index >= 15 is 0 Å². The fraction of sp³-hybridized carbons (Fsp3) is 0.571. The summed E-state index contributed by atoms with van der Waals surface area (Å²) in [7, 11) is 0. The fourth-order valence-electron chi connectivity index (χ4n) is 4.39. The number of nitrogens with zero attached hydrogens (tertiary/aromatic N) is 1. The predicted molar refractivity (Wildman–Crippen MR) is 111 cm³/mol. The third kappa shape index (κ3) is 4.20. The van der Waals surface area contributed by atoms with E-state index in [9.17, 15) is 9.59 Å². The molecule has 1 aromatic heterocycles. The molecule has 0 unspecified atom stereocenters. The molecule has 0 bridgehead atoms. The van der Waals surface area contributed by atoms with Crippen molar-refractivity contribution in [1.82, 2.24) is 14.9 Å². The Morgan fingerprint density at radius 1 is 1.21 bits per heavy atom. The summed E-state index contributed by atoms with van der Waals surface area (Å²) in [4.78, 5) is 28.4. The summed E-state index contributed by atoms with van der Waals surface area (Å²) in [6.45, 7) is 2.05. The van der Waals surface area contributed by atoms with Gasteiger partial charge in [-0.05, 0) is 68.8 Å². The van der Waals surface area contributed by atoms with Crippen molar-refractivity contribution in [3.8, 4) is 0 Å². The second kappa shape index (κ2) is 8.57. The van der Waals surface area contributed by atoms with Crippen LogP contribution in [0.2, 0.25) is 0 Å². The number of para-hydroxylation sites is 1. The van der Waals surface area contributed by atoms with E-state index in [0.29, 0.717) is 29.2 Å². The molecule has 2 fully saturated rings. The highest BCUT2D eigenvalue weighted by Crippen LogP contribution is 2.30. The molecule has 1 aromatic carbocycles. The Balaban J connectivity index is 1.34. The third-order valence-electron chi connectivity index (χ3n) is 6.08. The minimum absolute atomic E-state index is 0.0317. The molecule has 2 aromatic rings. The van der Waals surface area contributed by atoms with Gasteiger partial charge in [0.2, 0.25) is 5.91 Å².